The summed E-state index contributed by atoms with van der Waals surface area (Å²) in [7, 11) is 4.79. The van der Waals surface area contributed by atoms with Gasteiger partial charge >= 0.3 is 0 Å². The first-order valence-electron chi connectivity index (χ1n) is 8.23. The Labute approximate surface area is 155 Å². The third-order valence-corrected chi connectivity index (χ3v) is 4.16. The van der Waals surface area contributed by atoms with Crippen LogP contribution in [0.2, 0.25) is 0 Å². The summed E-state index contributed by atoms with van der Waals surface area (Å²) in [6, 6.07) is 15.0. The van der Waals surface area contributed by atoms with E-state index >= 15 is 0 Å². The second-order valence-corrected chi connectivity index (χ2v) is 5.76. The van der Waals surface area contributed by atoms with E-state index in [1.165, 1.54) is 0 Å². The van der Waals surface area contributed by atoms with Crippen molar-refractivity contribution in [2.24, 2.45) is 0 Å². The van der Waals surface area contributed by atoms with Crippen molar-refractivity contribution in [2.75, 3.05) is 21.3 Å². The van der Waals surface area contributed by atoms with Crippen LogP contribution in [0.3, 0.4) is 0 Å². The van der Waals surface area contributed by atoms with Gasteiger partial charge in [0.15, 0.2) is 0 Å². The number of benzene rings is 2. The van der Waals surface area contributed by atoms with E-state index in [2.05, 4.69) is 15.1 Å². The van der Waals surface area contributed by atoms with Crippen molar-refractivity contribution >= 4 is 10.9 Å². The summed E-state index contributed by atoms with van der Waals surface area (Å²) in [5.74, 6) is 2.65. The van der Waals surface area contributed by atoms with Gasteiger partial charge in [-0.25, -0.2) is 4.98 Å². The zero-order valence-electron chi connectivity index (χ0n) is 15.1. The molecule has 0 aliphatic heterocycles. The lowest BCUT2D eigenvalue weighted by Gasteiger charge is -2.07. The van der Waals surface area contributed by atoms with Gasteiger partial charge in [0.2, 0.25) is 11.7 Å². The van der Waals surface area contributed by atoms with Crippen molar-refractivity contribution in [1.29, 1.82) is 0 Å². The summed E-state index contributed by atoms with van der Waals surface area (Å²) >= 11 is 0. The fourth-order valence-electron chi connectivity index (χ4n) is 2.79. The molecule has 27 heavy (non-hydrogen) atoms. The zero-order valence-corrected chi connectivity index (χ0v) is 15.1. The summed E-state index contributed by atoms with van der Waals surface area (Å²) in [5.41, 5.74) is 2.19. The smallest absolute Gasteiger partial charge is 0.258 e. The van der Waals surface area contributed by atoms with Crippen molar-refractivity contribution in [3.63, 3.8) is 0 Å². The van der Waals surface area contributed by atoms with Crippen LogP contribution in [-0.2, 0) is 0 Å². The lowest BCUT2D eigenvalue weighted by molar-refractivity contribution is 0.399. The predicted octanol–water partition coefficient (Wildman–Crippen LogP) is 3.98. The SMILES string of the molecule is COc1cccc(-c2nc(-c3cc4cc(OC)ccc4nc3OC)no2)c1. The normalized spacial score (nSPS) is 10.8. The highest BCUT2D eigenvalue weighted by atomic mass is 16.5. The molecule has 4 aromatic rings. The number of hydrogen-bond donors (Lipinski definition) is 0. The minimum absolute atomic E-state index is 0.386. The van der Waals surface area contributed by atoms with Crippen LogP contribution in [0.1, 0.15) is 0 Å². The van der Waals surface area contributed by atoms with E-state index in [4.69, 9.17) is 18.7 Å². The predicted molar refractivity (Wildman–Crippen MR) is 100 cm³/mol. The molecule has 7 heteroatoms. The Kier molecular flexibility index (Phi) is 4.33. The minimum atomic E-state index is 0.386. The molecule has 0 spiro atoms. The van der Waals surface area contributed by atoms with E-state index < -0.39 is 0 Å². The molecule has 7 nitrogen and oxygen atoms in total. The maximum atomic E-state index is 5.44. The van der Waals surface area contributed by atoms with Gasteiger partial charge in [0.25, 0.3) is 5.89 Å². The van der Waals surface area contributed by atoms with Crippen LogP contribution in [0, 0.1) is 0 Å². The molecule has 2 heterocycles. The second-order valence-electron chi connectivity index (χ2n) is 5.76. The van der Waals surface area contributed by atoms with Crippen LogP contribution < -0.4 is 14.2 Å². The molecule has 0 aliphatic rings. The Bertz CT molecular complexity index is 1110. The number of aromatic nitrogens is 3. The molecule has 136 valence electrons. The highest BCUT2D eigenvalue weighted by Crippen LogP contribution is 2.33. The van der Waals surface area contributed by atoms with Gasteiger partial charge in [-0.1, -0.05) is 11.2 Å². The fraction of sp³-hybridized carbons (Fsp3) is 0.150. The Morgan fingerprint density at radius 2 is 1.63 bits per heavy atom. The van der Waals surface area contributed by atoms with Crippen molar-refractivity contribution in [3.8, 4) is 40.2 Å². The molecule has 0 amide bonds. The molecule has 2 aromatic carbocycles. The Morgan fingerprint density at radius 1 is 0.815 bits per heavy atom. The van der Waals surface area contributed by atoms with Gasteiger partial charge < -0.3 is 18.7 Å². The molecule has 0 unspecified atom stereocenters. The topological polar surface area (TPSA) is 79.5 Å². The van der Waals surface area contributed by atoms with E-state index in [9.17, 15) is 0 Å². The molecule has 0 fully saturated rings. The first-order chi connectivity index (χ1) is 13.2. The average Bonchev–Trinajstić information content (AvgIpc) is 3.22. The van der Waals surface area contributed by atoms with Gasteiger partial charge in [-0.3, -0.25) is 0 Å². The number of ether oxygens (including phenoxy) is 3. The molecule has 0 bridgehead atoms. The van der Waals surface area contributed by atoms with Crippen LogP contribution in [0.4, 0.5) is 0 Å². The maximum Gasteiger partial charge on any atom is 0.258 e. The maximum absolute atomic E-state index is 5.44. The lowest BCUT2D eigenvalue weighted by atomic mass is 10.1. The number of rotatable bonds is 5. The molecule has 4 rings (SSSR count). The van der Waals surface area contributed by atoms with Gasteiger partial charge in [0.1, 0.15) is 11.5 Å². The average molecular weight is 363 g/mol. The summed E-state index contributed by atoms with van der Waals surface area (Å²) in [6.45, 7) is 0. The van der Waals surface area contributed by atoms with Crippen LogP contribution in [0.15, 0.2) is 53.1 Å². The molecule has 0 saturated carbocycles. The van der Waals surface area contributed by atoms with Gasteiger partial charge in [0.05, 0.1) is 32.4 Å². The van der Waals surface area contributed by atoms with E-state index in [-0.39, 0.29) is 0 Å². The number of fused-ring (bicyclic) bond motifs is 1. The third-order valence-electron chi connectivity index (χ3n) is 4.16. The van der Waals surface area contributed by atoms with Crippen molar-refractivity contribution in [2.45, 2.75) is 0 Å². The van der Waals surface area contributed by atoms with E-state index in [0.717, 1.165) is 22.2 Å². The second kappa shape index (κ2) is 6.95. The van der Waals surface area contributed by atoms with Gasteiger partial charge in [-0.15, -0.1) is 0 Å². The van der Waals surface area contributed by atoms with Crippen molar-refractivity contribution in [3.05, 3.63) is 48.5 Å². The Morgan fingerprint density at radius 3 is 2.41 bits per heavy atom. The summed E-state index contributed by atoms with van der Waals surface area (Å²) in [5, 5.41) is 4.99. The molecule has 0 atom stereocenters. The quantitative estimate of drug-likeness (QED) is 0.530. The van der Waals surface area contributed by atoms with E-state index in [1.807, 2.05) is 48.5 Å². The number of hydrogen-bond acceptors (Lipinski definition) is 7. The van der Waals surface area contributed by atoms with Crippen LogP contribution in [-0.4, -0.2) is 36.5 Å². The number of pyridine rings is 1. The first kappa shape index (κ1) is 16.8. The highest BCUT2D eigenvalue weighted by molar-refractivity contribution is 5.86. The monoisotopic (exact) mass is 363 g/mol. The first-order valence-corrected chi connectivity index (χ1v) is 8.23. The standard InChI is InChI=1S/C20H17N3O4/c1-24-14-6-4-5-12(9-14)19-22-18(23-27-19)16-11-13-10-15(25-2)7-8-17(13)21-20(16)26-3/h4-11H,1-3H3. The minimum Gasteiger partial charge on any atom is -0.497 e. The van der Waals surface area contributed by atoms with Gasteiger partial charge in [0, 0.05) is 10.9 Å². The van der Waals surface area contributed by atoms with Crippen LogP contribution in [0.5, 0.6) is 17.4 Å². The molecule has 0 radical (unpaired) electrons. The number of methoxy groups -OCH3 is 3. The molecular formula is C20H17N3O4. The largest absolute Gasteiger partial charge is 0.497 e. The Balaban J connectivity index is 1.80. The van der Waals surface area contributed by atoms with E-state index in [1.54, 1.807) is 21.3 Å². The molecule has 0 saturated heterocycles. The van der Waals surface area contributed by atoms with E-state index in [0.29, 0.717) is 28.9 Å². The molecular weight excluding hydrogens is 346 g/mol. The zero-order chi connectivity index (χ0) is 18.8. The molecule has 2 aromatic heterocycles. The Hall–Kier alpha value is -3.61. The van der Waals surface area contributed by atoms with Gasteiger partial charge in [-0.05, 0) is 42.5 Å². The lowest BCUT2D eigenvalue weighted by Crippen LogP contribution is -1.94. The van der Waals surface area contributed by atoms with Crippen LogP contribution >= 0.6 is 0 Å². The molecule has 0 aliphatic carbocycles. The third kappa shape index (κ3) is 3.15. The summed E-state index contributed by atoms with van der Waals surface area (Å²) in [4.78, 5) is 9.03. The van der Waals surface area contributed by atoms with Crippen molar-refractivity contribution in [1.82, 2.24) is 15.1 Å². The number of nitrogens with zero attached hydrogens (tertiary/aromatic N) is 3. The van der Waals surface area contributed by atoms with Crippen molar-refractivity contribution < 1.29 is 18.7 Å². The highest BCUT2D eigenvalue weighted by Gasteiger charge is 2.17. The van der Waals surface area contributed by atoms with Gasteiger partial charge in [-0.2, -0.15) is 4.98 Å². The molecule has 0 N–H and O–H groups in total. The summed E-state index contributed by atoms with van der Waals surface area (Å²) < 4.78 is 21.4. The van der Waals surface area contributed by atoms with Crippen LogP contribution in [0.25, 0.3) is 33.7 Å². The fourth-order valence-corrected chi connectivity index (χ4v) is 2.79. The summed E-state index contributed by atoms with van der Waals surface area (Å²) in [6.07, 6.45) is 0.